The first-order valence-corrected chi connectivity index (χ1v) is 4.73. The summed E-state index contributed by atoms with van der Waals surface area (Å²) in [6.07, 6.45) is -0.607. The molecule has 15 heavy (non-hydrogen) atoms. The zero-order valence-electron chi connectivity index (χ0n) is 8.75. The van der Waals surface area contributed by atoms with E-state index >= 15 is 0 Å². The highest BCUT2D eigenvalue weighted by Gasteiger charge is 2.08. The Bertz CT molecular complexity index is 364. The maximum Gasteiger partial charge on any atom is 0.251 e. The molecule has 2 N–H and O–H groups in total. The molecule has 1 atom stereocenters. The highest BCUT2D eigenvalue weighted by molar-refractivity contribution is 5.94. The zero-order chi connectivity index (χ0) is 11.4. The molecule has 0 aliphatic carbocycles. The van der Waals surface area contributed by atoms with E-state index in [4.69, 9.17) is 5.11 Å². The molecule has 0 saturated carbocycles. The first kappa shape index (κ1) is 11.7. The van der Waals surface area contributed by atoms with Crippen LogP contribution in [-0.4, -0.2) is 23.7 Å². The van der Waals surface area contributed by atoms with E-state index in [1.54, 1.807) is 26.0 Å². The van der Waals surface area contributed by atoms with Gasteiger partial charge in [0.15, 0.2) is 0 Å². The molecule has 0 radical (unpaired) electrons. The standard InChI is InChI=1S/C11H14FNO2/c1-7-3-4-9(5-10(7)12)11(15)13-6-8(2)14/h3-5,8,14H,6H2,1-2H3,(H,13,15)/t8-/m1/s1. The number of aliphatic hydroxyl groups is 1. The maximum absolute atomic E-state index is 13.1. The Morgan fingerprint density at radius 2 is 2.27 bits per heavy atom. The van der Waals surface area contributed by atoms with Gasteiger partial charge in [0.05, 0.1) is 6.10 Å². The summed E-state index contributed by atoms with van der Waals surface area (Å²) in [4.78, 5) is 11.4. The molecule has 0 fully saturated rings. The summed E-state index contributed by atoms with van der Waals surface area (Å²) in [7, 11) is 0. The van der Waals surface area contributed by atoms with Gasteiger partial charge >= 0.3 is 0 Å². The van der Waals surface area contributed by atoms with Crippen LogP contribution >= 0.6 is 0 Å². The van der Waals surface area contributed by atoms with E-state index in [2.05, 4.69) is 5.32 Å². The molecule has 4 heteroatoms. The molecule has 0 saturated heterocycles. The number of aryl methyl sites for hydroxylation is 1. The number of carbonyl (C=O) groups is 1. The van der Waals surface area contributed by atoms with Gasteiger partial charge in [-0.1, -0.05) is 6.07 Å². The lowest BCUT2D eigenvalue weighted by Crippen LogP contribution is -2.30. The van der Waals surface area contributed by atoms with E-state index in [0.717, 1.165) is 0 Å². The molecule has 1 amide bonds. The Labute approximate surface area is 87.9 Å². The number of benzene rings is 1. The van der Waals surface area contributed by atoms with Gasteiger partial charge in [-0.2, -0.15) is 0 Å². The first-order valence-electron chi connectivity index (χ1n) is 4.73. The third-order valence-corrected chi connectivity index (χ3v) is 1.99. The summed E-state index contributed by atoms with van der Waals surface area (Å²) in [5, 5.41) is 11.4. The first-order chi connectivity index (χ1) is 7.00. The van der Waals surface area contributed by atoms with Crippen LogP contribution in [0.4, 0.5) is 4.39 Å². The molecule has 0 unspecified atom stereocenters. The van der Waals surface area contributed by atoms with E-state index in [9.17, 15) is 9.18 Å². The number of aliphatic hydroxyl groups excluding tert-OH is 1. The Hall–Kier alpha value is -1.42. The quantitative estimate of drug-likeness (QED) is 0.790. The fraction of sp³-hybridized carbons (Fsp3) is 0.364. The summed E-state index contributed by atoms with van der Waals surface area (Å²) in [5.41, 5.74) is 0.765. The topological polar surface area (TPSA) is 49.3 Å². The van der Waals surface area contributed by atoms with Gasteiger partial charge in [-0.15, -0.1) is 0 Å². The number of halogens is 1. The van der Waals surface area contributed by atoms with Gasteiger partial charge in [0.25, 0.3) is 5.91 Å². The van der Waals surface area contributed by atoms with Crippen molar-refractivity contribution in [2.24, 2.45) is 0 Å². The third-order valence-electron chi connectivity index (χ3n) is 1.99. The van der Waals surface area contributed by atoms with Crippen LogP contribution in [0.2, 0.25) is 0 Å². The second kappa shape index (κ2) is 4.89. The van der Waals surface area contributed by atoms with Gasteiger partial charge in [-0.05, 0) is 31.5 Å². The van der Waals surface area contributed by atoms with Crippen molar-refractivity contribution in [2.45, 2.75) is 20.0 Å². The summed E-state index contributed by atoms with van der Waals surface area (Å²) in [6, 6.07) is 4.29. The van der Waals surface area contributed by atoms with Gasteiger partial charge in [0, 0.05) is 12.1 Å². The lowest BCUT2D eigenvalue weighted by atomic mass is 10.1. The summed E-state index contributed by atoms with van der Waals surface area (Å²) in [5.74, 6) is -0.783. The van der Waals surface area contributed by atoms with Crippen molar-refractivity contribution in [2.75, 3.05) is 6.54 Å². The normalized spacial score (nSPS) is 12.3. The molecule has 0 heterocycles. The fourth-order valence-corrected chi connectivity index (χ4v) is 1.08. The Balaban J connectivity index is 2.70. The van der Waals surface area contributed by atoms with Gasteiger partial charge in [0.1, 0.15) is 5.82 Å². The number of rotatable bonds is 3. The largest absolute Gasteiger partial charge is 0.392 e. The number of carbonyl (C=O) groups excluding carboxylic acids is 1. The van der Waals surface area contributed by atoms with Crippen molar-refractivity contribution in [3.05, 3.63) is 35.1 Å². The van der Waals surface area contributed by atoms with Crippen molar-refractivity contribution in [3.63, 3.8) is 0 Å². The number of hydrogen-bond donors (Lipinski definition) is 2. The molecule has 3 nitrogen and oxygen atoms in total. The zero-order valence-corrected chi connectivity index (χ0v) is 8.75. The van der Waals surface area contributed by atoms with Crippen LogP contribution < -0.4 is 5.32 Å². The molecule has 1 rings (SSSR count). The smallest absolute Gasteiger partial charge is 0.251 e. The van der Waals surface area contributed by atoms with Crippen LogP contribution in [0, 0.1) is 12.7 Å². The van der Waals surface area contributed by atoms with E-state index in [1.807, 2.05) is 0 Å². The molecule has 1 aromatic rings. The molecule has 0 bridgehead atoms. The molecule has 0 aliphatic heterocycles. The van der Waals surface area contributed by atoms with E-state index in [-0.39, 0.29) is 18.0 Å². The minimum Gasteiger partial charge on any atom is -0.392 e. The van der Waals surface area contributed by atoms with Crippen LogP contribution in [0.15, 0.2) is 18.2 Å². The lowest BCUT2D eigenvalue weighted by molar-refractivity contribution is 0.0923. The number of hydrogen-bond acceptors (Lipinski definition) is 2. The Morgan fingerprint density at radius 1 is 1.60 bits per heavy atom. The van der Waals surface area contributed by atoms with Gasteiger partial charge in [-0.3, -0.25) is 4.79 Å². The average Bonchev–Trinajstić information content (AvgIpc) is 2.18. The second-order valence-corrected chi connectivity index (χ2v) is 3.52. The van der Waals surface area contributed by atoms with Crippen molar-refractivity contribution < 1.29 is 14.3 Å². The van der Waals surface area contributed by atoms with Crippen LogP contribution in [0.5, 0.6) is 0 Å². The highest BCUT2D eigenvalue weighted by Crippen LogP contribution is 2.08. The number of amides is 1. The van der Waals surface area contributed by atoms with Crippen molar-refractivity contribution in [1.29, 1.82) is 0 Å². The van der Waals surface area contributed by atoms with Gasteiger partial charge in [-0.25, -0.2) is 4.39 Å². The minimum absolute atomic E-state index is 0.161. The summed E-state index contributed by atoms with van der Waals surface area (Å²) >= 11 is 0. The average molecular weight is 211 g/mol. The highest BCUT2D eigenvalue weighted by atomic mass is 19.1. The van der Waals surface area contributed by atoms with Crippen LogP contribution in [0.25, 0.3) is 0 Å². The lowest BCUT2D eigenvalue weighted by Gasteiger charge is -2.07. The summed E-state index contributed by atoms with van der Waals surface area (Å²) in [6.45, 7) is 3.36. The van der Waals surface area contributed by atoms with Crippen LogP contribution in [0.1, 0.15) is 22.8 Å². The molecule has 1 aromatic carbocycles. The Kier molecular flexibility index (Phi) is 3.80. The SMILES string of the molecule is Cc1ccc(C(=O)NC[C@@H](C)O)cc1F. The predicted molar refractivity (Wildman–Crippen MR) is 55.2 cm³/mol. The van der Waals surface area contributed by atoms with Crippen molar-refractivity contribution in [3.8, 4) is 0 Å². The maximum atomic E-state index is 13.1. The molecular weight excluding hydrogens is 197 g/mol. The van der Waals surface area contributed by atoms with Gasteiger partial charge < -0.3 is 10.4 Å². The third kappa shape index (κ3) is 3.32. The molecule has 0 spiro atoms. The van der Waals surface area contributed by atoms with Crippen LogP contribution in [-0.2, 0) is 0 Å². The predicted octanol–water partition coefficient (Wildman–Crippen LogP) is 1.24. The van der Waals surface area contributed by atoms with E-state index in [0.29, 0.717) is 5.56 Å². The van der Waals surface area contributed by atoms with E-state index in [1.165, 1.54) is 6.07 Å². The van der Waals surface area contributed by atoms with Crippen molar-refractivity contribution >= 4 is 5.91 Å². The molecule has 82 valence electrons. The summed E-state index contributed by atoms with van der Waals surface area (Å²) < 4.78 is 13.1. The monoisotopic (exact) mass is 211 g/mol. The Morgan fingerprint density at radius 3 is 2.80 bits per heavy atom. The van der Waals surface area contributed by atoms with E-state index < -0.39 is 11.9 Å². The molecule has 0 aliphatic rings. The van der Waals surface area contributed by atoms with Crippen molar-refractivity contribution in [1.82, 2.24) is 5.32 Å². The molecular formula is C11H14FNO2. The second-order valence-electron chi connectivity index (χ2n) is 3.52. The van der Waals surface area contributed by atoms with Gasteiger partial charge in [0.2, 0.25) is 0 Å². The molecule has 0 aromatic heterocycles. The fourth-order valence-electron chi connectivity index (χ4n) is 1.08. The minimum atomic E-state index is -0.607. The number of nitrogens with one attached hydrogen (secondary N) is 1. The van der Waals surface area contributed by atoms with Crippen LogP contribution in [0.3, 0.4) is 0 Å².